The Bertz CT molecular complexity index is 559. The standard InChI is InChI=1S/C17H26N4O2.HI/c1-21(2)16(22)11-19-17(18-10-14-4-3-7-23-14)20-15-9-12-5-6-13(15)8-12;/h3-4,7,12-13,15H,5-6,8-11H2,1-2H3,(H2,18,19,20);1H. The lowest BCUT2D eigenvalue weighted by Crippen LogP contribution is -2.45. The number of fused-ring (bicyclic) bond motifs is 2. The van der Waals surface area contributed by atoms with Gasteiger partial charge in [-0.3, -0.25) is 4.79 Å². The van der Waals surface area contributed by atoms with Gasteiger partial charge in [-0.2, -0.15) is 0 Å². The van der Waals surface area contributed by atoms with Crippen LogP contribution in [0, 0.1) is 11.8 Å². The van der Waals surface area contributed by atoms with Gasteiger partial charge >= 0.3 is 0 Å². The number of halogens is 1. The highest BCUT2D eigenvalue weighted by molar-refractivity contribution is 14.0. The second-order valence-corrected chi connectivity index (χ2v) is 6.81. The van der Waals surface area contributed by atoms with E-state index in [1.54, 1.807) is 25.3 Å². The lowest BCUT2D eigenvalue weighted by molar-refractivity contribution is -0.127. The zero-order chi connectivity index (χ0) is 16.2. The zero-order valence-corrected chi connectivity index (χ0v) is 16.7. The fourth-order valence-electron chi connectivity index (χ4n) is 3.62. The summed E-state index contributed by atoms with van der Waals surface area (Å²) in [5, 5.41) is 6.81. The zero-order valence-electron chi connectivity index (χ0n) is 14.3. The Morgan fingerprint density at radius 1 is 1.38 bits per heavy atom. The Morgan fingerprint density at radius 3 is 2.79 bits per heavy atom. The Morgan fingerprint density at radius 2 is 2.21 bits per heavy atom. The third-order valence-electron chi connectivity index (χ3n) is 4.94. The molecule has 2 bridgehead atoms. The van der Waals surface area contributed by atoms with Crippen LogP contribution < -0.4 is 10.6 Å². The van der Waals surface area contributed by atoms with Gasteiger partial charge in [0, 0.05) is 20.1 Å². The number of furan rings is 1. The van der Waals surface area contributed by atoms with Crippen LogP contribution in [0.4, 0.5) is 0 Å². The normalized spacial score (nSPS) is 25.2. The molecule has 2 saturated carbocycles. The molecule has 7 heteroatoms. The van der Waals surface area contributed by atoms with Crippen LogP contribution in [0.2, 0.25) is 0 Å². The molecular formula is C17H27IN4O2. The van der Waals surface area contributed by atoms with Gasteiger partial charge in [-0.05, 0) is 43.2 Å². The van der Waals surface area contributed by atoms with Gasteiger partial charge in [-0.25, -0.2) is 4.99 Å². The maximum absolute atomic E-state index is 11.8. The molecule has 3 rings (SSSR count). The number of hydrogen-bond donors (Lipinski definition) is 2. The topological polar surface area (TPSA) is 69.9 Å². The number of likely N-dealkylation sites (N-methyl/N-ethyl adjacent to an activating group) is 1. The molecule has 1 amide bonds. The van der Waals surface area contributed by atoms with E-state index in [4.69, 9.17) is 4.42 Å². The van der Waals surface area contributed by atoms with Gasteiger partial charge in [0.2, 0.25) is 5.91 Å². The van der Waals surface area contributed by atoms with Crippen LogP contribution in [0.5, 0.6) is 0 Å². The average Bonchev–Trinajstić information content (AvgIpc) is 3.26. The van der Waals surface area contributed by atoms with Gasteiger partial charge < -0.3 is 20.0 Å². The number of guanidine groups is 1. The molecule has 0 aliphatic heterocycles. The summed E-state index contributed by atoms with van der Waals surface area (Å²) in [4.78, 5) is 17.8. The minimum Gasteiger partial charge on any atom is -0.467 e. The van der Waals surface area contributed by atoms with Crippen molar-refractivity contribution in [2.75, 3.05) is 20.6 Å². The van der Waals surface area contributed by atoms with E-state index in [-0.39, 0.29) is 36.4 Å². The van der Waals surface area contributed by atoms with E-state index in [9.17, 15) is 4.79 Å². The summed E-state index contributed by atoms with van der Waals surface area (Å²) in [5.41, 5.74) is 0. The molecule has 0 saturated heterocycles. The predicted octanol–water partition coefficient (Wildman–Crippen LogP) is 2.21. The van der Waals surface area contributed by atoms with Crippen molar-refractivity contribution in [1.82, 2.24) is 15.5 Å². The molecule has 2 aliphatic carbocycles. The van der Waals surface area contributed by atoms with E-state index in [2.05, 4.69) is 15.6 Å². The number of amides is 1. The number of rotatable bonds is 5. The number of carbonyl (C=O) groups is 1. The third kappa shape index (κ3) is 4.87. The molecule has 2 N–H and O–H groups in total. The van der Waals surface area contributed by atoms with Crippen molar-refractivity contribution in [2.45, 2.75) is 38.3 Å². The first-order valence-electron chi connectivity index (χ1n) is 8.39. The number of nitrogens with zero attached hydrogens (tertiary/aromatic N) is 2. The molecule has 0 spiro atoms. The summed E-state index contributed by atoms with van der Waals surface area (Å²) in [6, 6.07) is 4.27. The van der Waals surface area contributed by atoms with Crippen LogP contribution in [-0.4, -0.2) is 43.4 Å². The second kappa shape index (κ2) is 8.73. The first-order chi connectivity index (χ1) is 11.1. The average molecular weight is 446 g/mol. The van der Waals surface area contributed by atoms with E-state index < -0.39 is 0 Å². The van der Waals surface area contributed by atoms with Crippen molar-refractivity contribution >= 4 is 35.8 Å². The number of aliphatic imine (C=N–C) groups is 1. The highest BCUT2D eigenvalue weighted by atomic mass is 127. The fraction of sp³-hybridized carbons (Fsp3) is 0.647. The second-order valence-electron chi connectivity index (χ2n) is 6.81. The molecular weight excluding hydrogens is 419 g/mol. The highest BCUT2D eigenvalue weighted by Crippen LogP contribution is 2.44. The lowest BCUT2D eigenvalue weighted by atomic mass is 9.95. The van der Waals surface area contributed by atoms with E-state index in [1.165, 1.54) is 25.7 Å². The molecule has 3 unspecified atom stereocenters. The summed E-state index contributed by atoms with van der Waals surface area (Å²) in [6.07, 6.45) is 6.89. The van der Waals surface area contributed by atoms with Crippen molar-refractivity contribution in [1.29, 1.82) is 0 Å². The van der Waals surface area contributed by atoms with Crippen LogP contribution in [-0.2, 0) is 11.3 Å². The van der Waals surface area contributed by atoms with Gasteiger partial charge in [0.05, 0.1) is 12.8 Å². The first kappa shape index (κ1) is 19.1. The van der Waals surface area contributed by atoms with Gasteiger partial charge in [-0.1, -0.05) is 6.42 Å². The molecule has 0 aromatic carbocycles. The van der Waals surface area contributed by atoms with Gasteiger partial charge in [0.25, 0.3) is 0 Å². The number of hydrogen-bond acceptors (Lipinski definition) is 3. The summed E-state index contributed by atoms with van der Waals surface area (Å²) in [5.74, 6) is 3.17. The van der Waals surface area contributed by atoms with Crippen LogP contribution >= 0.6 is 24.0 Å². The third-order valence-corrected chi connectivity index (χ3v) is 4.94. The molecule has 2 fully saturated rings. The van der Waals surface area contributed by atoms with Gasteiger partial charge in [0.15, 0.2) is 5.96 Å². The Hall–Kier alpha value is -1.25. The largest absolute Gasteiger partial charge is 0.467 e. The predicted molar refractivity (Wildman–Crippen MR) is 104 cm³/mol. The minimum absolute atomic E-state index is 0. The van der Waals surface area contributed by atoms with Crippen molar-refractivity contribution in [3.05, 3.63) is 24.2 Å². The van der Waals surface area contributed by atoms with Crippen molar-refractivity contribution in [3.8, 4) is 0 Å². The quantitative estimate of drug-likeness (QED) is 0.414. The van der Waals surface area contributed by atoms with E-state index in [1.807, 2.05) is 12.1 Å². The summed E-state index contributed by atoms with van der Waals surface area (Å²) < 4.78 is 5.35. The summed E-state index contributed by atoms with van der Waals surface area (Å²) in [7, 11) is 3.49. The monoisotopic (exact) mass is 446 g/mol. The Balaban J connectivity index is 0.00000208. The molecule has 1 aromatic heterocycles. The van der Waals surface area contributed by atoms with E-state index in [0.717, 1.165) is 17.6 Å². The Kier molecular flexibility index (Phi) is 6.94. The molecule has 2 aliphatic rings. The van der Waals surface area contributed by atoms with Crippen molar-refractivity contribution in [2.24, 2.45) is 16.8 Å². The lowest BCUT2D eigenvalue weighted by Gasteiger charge is -2.25. The van der Waals surface area contributed by atoms with Crippen LogP contribution in [0.25, 0.3) is 0 Å². The molecule has 6 nitrogen and oxygen atoms in total. The Labute approximate surface area is 160 Å². The van der Waals surface area contributed by atoms with E-state index in [0.29, 0.717) is 18.5 Å². The maximum Gasteiger partial charge on any atom is 0.243 e. The number of carbonyl (C=O) groups excluding carboxylic acids is 1. The summed E-state index contributed by atoms with van der Waals surface area (Å²) in [6.45, 7) is 0.719. The molecule has 3 atom stereocenters. The number of nitrogens with one attached hydrogen (secondary N) is 2. The molecule has 1 heterocycles. The van der Waals surface area contributed by atoms with E-state index >= 15 is 0 Å². The molecule has 134 valence electrons. The minimum atomic E-state index is -0.00274. The maximum atomic E-state index is 11.8. The smallest absolute Gasteiger partial charge is 0.243 e. The SMILES string of the molecule is CN(C)C(=O)CN=C(NCc1ccco1)NC1CC2CCC1C2.I. The van der Waals surface area contributed by atoms with Crippen LogP contribution in [0.15, 0.2) is 27.8 Å². The van der Waals surface area contributed by atoms with Crippen molar-refractivity contribution < 1.29 is 9.21 Å². The van der Waals surface area contributed by atoms with Gasteiger partial charge in [0.1, 0.15) is 12.3 Å². The van der Waals surface area contributed by atoms with Gasteiger partial charge in [-0.15, -0.1) is 24.0 Å². The van der Waals surface area contributed by atoms with Crippen LogP contribution in [0.1, 0.15) is 31.4 Å². The van der Waals surface area contributed by atoms with Crippen LogP contribution in [0.3, 0.4) is 0 Å². The van der Waals surface area contributed by atoms with Crippen molar-refractivity contribution in [3.63, 3.8) is 0 Å². The molecule has 0 radical (unpaired) electrons. The first-order valence-corrected chi connectivity index (χ1v) is 8.39. The summed E-state index contributed by atoms with van der Waals surface area (Å²) >= 11 is 0. The molecule has 1 aromatic rings. The molecule has 24 heavy (non-hydrogen) atoms. The highest BCUT2D eigenvalue weighted by Gasteiger charge is 2.39. The fourth-order valence-corrected chi connectivity index (χ4v) is 3.62.